The molecule has 1 N–H and O–H groups in total. The molecule has 0 aromatic carbocycles. The summed E-state index contributed by atoms with van der Waals surface area (Å²) in [7, 11) is 2.01. The van der Waals surface area contributed by atoms with E-state index in [1.165, 1.54) is 0 Å². The van der Waals surface area contributed by atoms with Crippen LogP contribution in [0.15, 0.2) is 17.1 Å². The van der Waals surface area contributed by atoms with E-state index in [1.54, 1.807) is 0 Å². The van der Waals surface area contributed by atoms with E-state index in [0.29, 0.717) is 6.04 Å². The summed E-state index contributed by atoms with van der Waals surface area (Å²) in [4.78, 5) is 3.94. The number of rotatable bonds is 6. The molecule has 76 valence electrons. The normalized spacial score (nSPS) is 15.5. The third kappa shape index (κ3) is 4.20. The van der Waals surface area contributed by atoms with Crippen molar-refractivity contribution in [3.8, 4) is 0 Å². The van der Waals surface area contributed by atoms with Crippen molar-refractivity contribution in [3.05, 3.63) is 12.2 Å². The minimum atomic E-state index is -0.0704. The second-order valence-electron chi connectivity index (χ2n) is 3.43. The second kappa shape index (κ2) is 5.89. The van der Waals surface area contributed by atoms with Gasteiger partial charge in [0.1, 0.15) is 6.17 Å². The fourth-order valence-corrected chi connectivity index (χ4v) is 0.901. The van der Waals surface area contributed by atoms with Crippen LogP contribution in [0.4, 0.5) is 0 Å². The van der Waals surface area contributed by atoms with Gasteiger partial charge in [0.25, 0.3) is 0 Å². The van der Waals surface area contributed by atoms with Crippen LogP contribution >= 0.6 is 0 Å². The number of aliphatic imine (C=N–C) groups is 1. The van der Waals surface area contributed by atoms with Gasteiger partial charge in [0, 0.05) is 13.1 Å². The summed E-state index contributed by atoms with van der Waals surface area (Å²) >= 11 is 0. The molecule has 0 aliphatic carbocycles. The number of hydrazine groups is 1. The van der Waals surface area contributed by atoms with Gasteiger partial charge in [0.05, 0.1) is 0 Å². The van der Waals surface area contributed by atoms with Gasteiger partial charge in [-0.3, -0.25) is 4.99 Å². The van der Waals surface area contributed by atoms with Gasteiger partial charge < -0.3 is 0 Å². The lowest BCUT2D eigenvalue weighted by molar-refractivity contribution is 0.154. The highest BCUT2D eigenvalue weighted by molar-refractivity contribution is 5.26. The monoisotopic (exact) mass is 183 g/mol. The number of hydrogen-bond donors (Lipinski definition) is 1. The molecule has 13 heavy (non-hydrogen) atoms. The Morgan fingerprint density at radius 3 is 2.46 bits per heavy atom. The smallest absolute Gasteiger partial charge is 0.132 e. The van der Waals surface area contributed by atoms with Gasteiger partial charge in [-0.2, -0.15) is 0 Å². The first-order valence-electron chi connectivity index (χ1n) is 4.63. The Bertz CT molecular complexity index is 177. The van der Waals surface area contributed by atoms with Gasteiger partial charge in [-0.15, -0.1) is 0 Å². The zero-order valence-corrected chi connectivity index (χ0v) is 9.17. The van der Waals surface area contributed by atoms with Crippen LogP contribution in [0.25, 0.3) is 0 Å². The maximum absolute atomic E-state index is 3.94. The first-order valence-corrected chi connectivity index (χ1v) is 4.63. The molecule has 0 amide bonds. The molecule has 2 unspecified atom stereocenters. The summed E-state index contributed by atoms with van der Waals surface area (Å²) in [5, 5.41) is 2.05. The average Bonchev–Trinajstić information content (AvgIpc) is 2.11. The van der Waals surface area contributed by atoms with Crippen molar-refractivity contribution in [2.75, 3.05) is 7.05 Å². The van der Waals surface area contributed by atoms with Crippen LogP contribution in [-0.4, -0.2) is 31.0 Å². The SMILES string of the molecule is C=NC(NN(C)C(C)CC)C(=C)C. The van der Waals surface area contributed by atoms with Gasteiger partial charge in [-0.25, -0.2) is 10.4 Å². The lowest BCUT2D eigenvalue weighted by Crippen LogP contribution is -2.46. The van der Waals surface area contributed by atoms with Crippen molar-refractivity contribution in [1.29, 1.82) is 0 Å². The summed E-state index contributed by atoms with van der Waals surface area (Å²) in [5.41, 5.74) is 4.20. The molecular weight excluding hydrogens is 162 g/mol. The van der Waals surface area contributed by atoms with Crippen LogP contribution in [0.3, 0.4) is 0 Å². The van der Waals surface area contributed by atoms with Crippen LogP contribution in [0.1, 0.15) is 27.2 Å². The Hall–Kier alpha value is -0.670. The van der Waals surface area contributed by atoms with Gasteiger partial charge in [-0.1, -0.05) is 13.5 Å². The van der Waals surface area contributed by atoms with Crippen molar-refractivity contribution >= 4 is 6.72 Å². The Labute approximate surface area is 81.5 Å². The molecule has 3 nitrogen and oxygen atoms in total. The van der Waals surface area contributed by atoms with Crippen molar-refractivity contribution in [3.63, 3.8) is 0 Å². The quantitative estimate of drug-likeness (QED) is 0.386. The highest BCUT2D eigenvalue weighted by atomic mass is 15.5. The largest absolute Gasteiger partial charge is 0.276 e. The van der Waals surface area contributed by atoms with Crippen LogP contribution in [0.2, 0.25) is 0 Å². The number of hydrogen-bond acceptors (Lipinski definition) is 3. The molecule has 0 aromatic heterocycles. The first-order chi connectivity index (χ1) is 6.02. The van der Waals surface area contributed by atoms with E-state index >= 15 is 0 Å². The van der Waals surface area contributed by atoms with Crippen LogP contribution in [0, 0.1) is 0 Å². The van der Waals surface area contributed by atoms with E-state index < -0.39 is 0 Å². The Morgan fingerprint density at radius 1 is 1.62 bits per heavy atom. The molecule has 0 saturated carbocycles. The minimum Gasteiger partial charge on any atom is -0.276 e. The Kier molecular flexibility index (Phi) is 5.58. The van der Waals surface area contributed by atoms with Crippen LogP contribution in [-0.2, 0) is 0 Å². The first kappa shape index (κ1) is 12.3. The topological polar surface area (TPSA) is 27.6 Å². The van der Waals surface area contributed by atoms with Crippen molar-refractivity contribution in [1.82, 2.24) is 10.4 Å². The molecule has 0 rings (SSSR count). The summed E-state index contributed by atoms with van der Waals surface area (Å²) < 4.78 is 0. The number of nitrogens with zero attached hydrogens (tertiary/aromatic N) is 2. The highest BCUT2D eigenvalue weighted by Gasteiger charge is 2.11. The van der Waals surface area contributed by atoms with E-state index in [0.717, 1.165) is 12.0 Å². The molecule has 0 aliphatic rings. The molecule has 0 fully saturated rings. The van der Waals surface area contributed by atoms with Crippen LogP contribution in [0.5, 0.6) is 0 Å². The summed E-state index contributed by atoms with van der Waals surface area (Å²) in [6.45, 7) is 13.6. The average molecular weight is 183 g/mol. The Morgan fingerprint density at radius 2 is 2.15 bits per heavy atom. The predicted molar refractivity (Wildman–Crippen MR) is 58.8 cm³/mol. The molecule has 3 heteroatoms. The molecule has 0 heterocycles. The van der Waals surface area contributed by atoms with E-state index in [2.05, 4.69) is 37.6 Å². The molecule has 0 aromatic rings. The molecule has 0 aliphatic heterocycles. The van der Waals surface area contributed by atoms with E-state index in [9.17, 15) is 0 Å². The summed E-state index contributed by atoms with van der Waals surface area (Å²) in [5.74, 6) is 0. The number of nitrogens with one attached hydrogen (secondary N) is 1. The molecule has 0 bridgehead atoms. The third-order valence-corrected chi connectivity index (χ3v) is 2.23. The molecule has 0 radical (unpaired) electrons. The van der Waals surface area contributed by atoms with E-state index in [-0.39, 0.29) is 6.17 Å². The lowest BCUT2D eigenvalue weighted by atomic mass is 10.2. The maximum atomic E-state index is 3.94. The summed E-state index contributed by atoms with van der Waals surface area (Å²) in [6.07, 6.45) is 1.03. The fraction of sp³-hybridized carbons (Fsp3) is 0.700. The standard InChI is InChI=1S/C10H21N3/c1-7-9(4)13(6)12-10(11-5)8(2)3/h9-10,12H,2,5,7H2,1,3-4,6H3. The molecular formula is C10H21N3. The fourth-order valence-electron chi connectivity index (χ4n) is 0.901. The highest BCUT2D eigenvalue weighted by Crippen LogP contribution is 2.03. The van der Waals surface area contributed by atoms with Gasteiger partial charge in [0.15, 0.2) is 0 Å². The molecule has 0 spiro atoms. The summed E-state index contributed by atoms with van der Waals surface area (Å²) in [6, 6.07) is 0.489. The molecule has 2 atom stereocenters. The lowest BCUT2D eigenvalue weighted by Gasteiger charge is -2.28. The maximum Gasteiger partial charge on any atom is 0.132 e. The van der Waals surface area contributed by atoms with E-state index in [1.807, 2.05) is 19.0 Å². The van der Waals surface area contributed by atoms with Gasteiger partial charge >= 0.3 is 0 Å². The van der Waals surface area contributed by atoms with Gasteiger partial charge in [-0.05, 0) is 32.6 Å². The third-order valence-electron chi connectivity index (χ3n) is 2.23. The van der Waals surface area contributed by atoms with Crippen molar-refractivity contribution in [2.24, 2.45) is 4.99 Å². The Balaban J connectivity index is 4.08. The van der Waals surface area contributed by atoms with Crippen molar-refractivity contribution in [2.45, 2.75) is 39.4 Å². The van der Waals surface area contributed by atoms with Gasteiger partial charge in [0.2, 0.25) is 0 Å². The van der Waals surface area contributed by atoms with E-state index in [4.69, 9.17) is 0 Å². The van der Waals surface area contributed by atoms with Crippen LogP contribution < -0.4 is 5.43 Å². The van der Waals surface area contributed by atoms with Crippen molar-refractivity contribution < 1.29 is 0 Å². The second-order valence-corrected chi connectivity index (χ2v) is 3.43. The zero-order valence-electron chi connectivity index (χ0n) is 9.17. The predicted octanol–water partition coefficient (Wildman–Crippen LogP) is 1.82. The minimum absolute atomic E-state index is 0.0704. The molecule has 0 saturated heterocycles. The zero-order chi connectivity index (χ0) is 10.4.